The molecule has 0 radical (unpaired) electrons. The van der Waals surface area contributed by atoms with E-state index < -0.39 is 16.1 Å². The van der Waals surface area contributed by atoms with Gasteiger partial charge in [-0.25, -0.2) is 12.7 Å². The maximum Gasteiger partial charge on any atom is 0.214 e. The lowest BCUT2D eigenvalue weighted by Crippen LogP contribution is -2.33. The summed E-state index contributed by atoms with van der Waals surface area (Å²) in [5.74, 6) is 1.08. The molecule has 0 saturated carbocycles. The maximum atomic E-state index is 12.0. The van der Waals surface area contributed by atoms with Gasteiger partial charge in [0.1, 0.15) is 11.5 Å². The average molecular weight is 358 g/mol. The number of rotatable bonds is 7. The molecule has 24 heavy (non-hydrogen) atoms. The van der Waals surface area contributed by atoms with Crippen LogP contribution in [-0.4, -0.2) is 76.0 Å². The van der Waals surface area contributed by atoms with Crippen molar-refractivity contribution in [1.29, 1.82) is 0 Å². The highest BCUT2D eigenvalue weighted by atomic mass is 32.2. The zero-order chi connectivity index (χ0) is 17.9. The topological polar surface area (TPSA) is 79.3 Å². The van der Waals surface area contributed by atoms with Gasteiger partial charge in [0.2, 0.25) is 10.0 Å². The lowest BCUT2D eigenvalue weighted by atomic mass is 10.1. The molecule has 1 N–H and O–H groups in total. The van der Waals surface area contributed by atoms with Crippen molar-refractivity contribution in [2.24, 2.45) is 5.92 Å². The summed E-state index contributed by atoms with van der Waals surface area (Å²) in [4.78, 5) is 2.05. The lowest BCUT2D eigenvalue weighted by Gasteiger charge is -2.18. The number of ether oxygens (including phenoxy) is 2. The fourth-order valence-corrected chi connectivity index (χ4v) is 4.04. The summed E-state index contributed by atoms with van der Waals surface area (Å²) in [5.41, 5.74) is 0.995. The van der Waals surface area contributed by atoms with Crippen LogP contribution in [0.2, 0.25) is 0 Å². The van der Waals surface area contributed by atoms with Crippen molar-refractivity contribution in [3.05, 3.63) is 23.8 Å². The third kappa shape index (κ3) is 4.60. The Labute approximate surface area is 143 Å². The van der Waals surface area contributed by atoms with Gasteiger partial charge in [-0.1, -0.05) is 0 Å². The summed E-state index contributed by atoms with van der Waals surface area (Å²) in [7, 11) is 2.89. The van der Waals surface area contributed by atoms with Gasteiger partial charge in [0.15, 0.2) is 0 Å². The average Bonchev–Trinajstić information content (AvgIpc) is 2.85. The molecule has 1 aliphatic rings. The molecular weight excluding hydrogens is 332 g/mol. The largest absolute Gasteiger partial charge is 0.497 e. The highest BCUT2D eigenvalue weighted by Gasteiger charge is 2.35. The first-order valence-corrected chi connectivity index (χ1v) is 9.38. The number of aliphatic hydroxyl groups excluding tert-OH is 1. The number of hydrogen-bond donors (Lipinski definition) is 1. The van der Waals surface area contributed by atoms with Crippen LogP contribution in [0.1, 0.15) is 5.56 Å². The molecule has 1 aromatic rings. The minimum absolute atomic E-state index is 0.0426. The Kier molecular flexibility index (Phi) is 6.08. The third-order valence-corrected chi connectivity index (χ3v) is 6.24. The van der Waals surface area contributed by atoms with Crippen LogP contribution in [0.3, 0.4) is 0 Å². The molecule has 1 aliphatic heterocycles. The number of sulfonamides is 1. The van der Waals surface area contributed by atoms with Crippen LogP contribution in [0.4, 0.5) is 0 Å². The first kappa shape index (κ1) is 19.0. The van der Waals surface area contributed by atoms with Gasteiger partial charge in [-0.3, -0.25) is 4.90 Å². The van der Waals surface area contributed by atoms with Crippen molar-refractivity contribution < 1.29 is 23.0 Å². The van der Waals surface area contributed by atoms with E-state index in [0.717, 1.165) is 5.56 Å². The van der Waals surface area contributed by atoms with Crippen LogP contribution in [0.25, 0.3) is 0 Å². The molecule has 136 valence electrons. The predicted molar refractivity (Wildman–Crippen MR) is 91.8 cm³/mol. The van der Waals surface area contributed by atoms with E-state index >= 15 is 0 Å². The third-order valence-electron chi connectivity index (χ3n) is 4.28. The molecule has 0 amide bonds. The summed E-state index contributed by atoms with van der Waals surface area (Å²) < 4.78 is 35.8. The summed E-state index contributed by atoms with van der Waals surface area (Å²) in [6.45, 7) is 1.59. The maximum absolute atomic E-state index is 12.0. The molecule has 1 saturated heterocycles. The number of benzene rings is 1. The molecule has 1 aromatic carbocycles. The first-order valence-electron chi connectivity index (χ1n) is 7.77. The van der Waals surface area contributed by atoms with Crippen LogP contribution < -0.4 is 9.47 Å². The Morgan fingerprint density at radius 3 is 2.25 bits per heavy atom. The van der Waals surface area contributed by atoms with E-state index in [9.17, 15) is 13.5 Å². The molecule has 8 heteroatoms. The molecule has 0 aromatic heterocycles. The van der Waals surface area contributed by atoms with Gasteiger partial charge in [0.05, 0.1) is 26.1 Å². The number of aliphatic hydroxyl groups is 1. The highest BCUT2D eigenvalue weighted by Crippen LogP contribution is 2.26. The van der Waals surface area contributed by atoms with E-state index in [1.807, 2.05) is 12.1 Å². The molecule has 1 fully saturated rings. The highest BCUT2D eigenvalue weighted by molar-refractivity contribution is 7.89. The van der Waals surface area contributed by atoms with Gasteiger partial charge in [-0.05, 0) is 17.7 Å². The molecule has 0 bridgehead atoms. The standard InChI is InChI=1S/C16H26N2O5S/c1-17(2)24(20,21)11-13-9-18(10-16(13)19)8-12-5-14(22-3)7-15(6-12)23-4/h5-7,13,16,19H,8-11H2,1-4H3/t13-,16+/m0/s1. The van der Waals surface area contributed by atoms with Gasteiger partial charge in [0.25, 0.3) is 0 Å². The number of hydrogen-bond acceptors (Lipinski definition) is 6. The fourth-order valence-electron chi connectivity index (χ4n) is 2.87. The Bertz CT molecular complexity index is 640. The van der Waals surface area contributed by atoms with E-state index in [0.29, 0.717) is 31.1 Å². The van der Waals surface area contributed by atoms with E-state index in [-0.39, 0.29) is 11.7 Å². The zero-order valence-corrected chi connectivity index (χ0v) is 15.4. The fraction of sp³-hybridized carbons (Fsp3) is 0.625. The van der Waals surface area contributed by atoms with Crippen LogP contribution in [0.5, 0.6) is 11.5 Å². The Balaban J connectivity index is 2.05. The number of likely N-dealkylation sites (tertiary alicyclic amines) is 1. The minimum atomic E-state index is -3.33. The van der Waals surface area contributed by atoms with Gasteiger partial charge >= 0.3 is 0 Å². The second-order valence-electron chi connectivity index (χ2n) is 6.30. The predicted octanol–water partition coefficient (Wildman–Crippen LogP) is 0.388. The lowest BCUT2D eigenvalue weighted by molar-refractivity contribution is 0.148. The van der Waals surface area contributed by atoms with Crippen molar-refractivity contribution in [3.63, 3.8) is 0 Å². The van der Waals surface area contributed by atoms with Crippen molar-refractivity contribution in [1.82, 2.24) is 9.21 Å². The second kappa shape index (κ2) is 7.69. The molecule has 0 unspecified atom stereocenters. The minimum Gasteiger partial charge on any atom is -0.497 e. The molecule has 2 rings (SSSR count). The normalized spacial score (nSPS) is 22.1. The van der Waals surface area contributed by atoms with Gasteiger partial charge in [0, 0.05) is 45.7 Å². The first-order chi connectivity index (χ1) is 11.2. The van der Waals surface area contributed by atoms with Crippen molar-refractivity contribution in [2.75, 3.05) is 47.2 Å². The Morgan fingerprint density at radius 1 is 1.17 bits per heavy atom. The molecule has 0 spiro atoms. The van der Waals surface area contributed by atoms with E-state index in [1.54, 1.807) is 20.3 Å². The van der Waals surface area contributed by atoms with E-state index in [4.69, 9.17) is 9.47 Å². The zero-order valence-electron chi connectivity index (χ0n) is 14.6. The number of nitrogens with zero attached hydrogens (tertiary/aromatic N) is 2. The number of β-amino-alcohol motifs (C(OH)–C–C–N with tert-alkyl or cyclic N) is 1. The summed E-state index contributed by atoms with van der Waals surface area (Å²) >= 11 is 0. The van der Waals surface area contributed by atoms with Gasteiger partial charge in [-0.2, -0.15) is 0 Å². The van der Waals surface area contributed by atoms with Crippen molar-refractivity contribution in [3.8, 4) is 11.5 Å². The van der Waals surface area contributed by atoms with E-state index in [2.05, 4.69) is 4.90 Å². The second-order valence-corrected chi connectivity index (χ2v) is 8.53. The molecule has 0 aliphatic carbocycles. The summed E-state index contributed by atoms with van der Waals surface area (Å²) in [6, 6.07) is 5.63. The van der Waals surface area contributed by atoms with Crippen LogP contribution in [-0.2, 0) is 16.6 Å². The SMILES string of the molecule is COc1cc(CN2C[C@@H](CS(=O)(=O)N(C)C)[C@H](O)C2)cc(OC)c1. The Morgan fingerprint density at radius 2 is 1.75 bits per heavy atom. The summed E-state index contributed by atoms with van der Waals surface area (Å²) in [5, 5.41) is 10.2. The molecule has 1 heterocycles. The Hall–Kier alpha value is -1.35. The number of methoxy groups -OCH3 is 2. The van der Waals surface area contributed by atoms with Crippen molar-refractivity contribution >= 4 is 10.0 Å². The summed E-state index contributed by atoms with van der Waals surface area (Å²) in [6.07, 6.45) is -0.646. The molecule has 7 nitrogen and oxygen atoms in total. The van der Waals surface area contributed by atoms with E-state index in [1.165, 1.54) is 18.4 Å². The van der Waals surface area contributed by atoms with Crippen LogP contribution in [0, 0.1) is 5.92 Å². The van der Waals surface area contributed by atoms with Crippen LogP contribution >= 0.6 is 0 Å². The van der Waals surface area contributed by atoms with Crippen LogP contribution in [0.15, 0.2) is 18.2 Å². The monoisotopic (exact) mass is 358 g/mol. The molecular formula is C16H26N2O5S. The van der Waals surface area contributed by atoms with Crippen molar-refractivity contribution in [2.45, 2.75) is 12.6 Å². The van der Waals surface area contributed by atoms with Gasteiger partial charge in [-0.15, -0.1) is 0 Å². The van der Waals surface area contributed by atoms with Gasteiger partial charge < -0.3 is 14.6 Å². The smallest absolute Gasteiger partial charge is 0.214 e. The molecule has 2 atom stereocenters. The quantitative estimate of drug-likeness (QED) is 0.760.